The largest absolute Gasteiger partial charge is 0.341 e. The zero-order valence-electron chi connectivity index (χ0n) is 17.4. The van der Waals surface area contributed by atoms with E-state index in [2.05, 4.69) is 39.1 Å². The van der Waals surface area contributed by atoms with Gasteiger partial charge in [-0.25, -0.2) is 0 Å². The molecule has 2 fully saturated rings. The maximum Gasteiger partial charge on any atom is 0.245 e. The van der Waals surface area contributed by atoms with Crippen LogP contribution in [0.4, 0.5) is 0 Å². The Morgan fingerprint density at radius 2 is 1.85 bits per heavy atom. The van der Waals surface area contributed by atoms with Crippen molar-refractivity contribution in [3.63, 3.8) is 0 Å². The van der Waals surface area contributed by atoms with Crippen LogP contribution in [-0.4, -0.2) is 59.9 Å². The highest BCUT2D eigenvalue weighted by Crippen LogP contribution is 2.24. The lowest BCUT2D eigenvalue weighted by Gasteiger charge is -2.42. The zero-order chi connectivity index (χ0) is 20.0. The molecule has 2 amide bonds. The topological polar surface area (TPSA) is 76.4 Å². The molecular weight excluding hydrogens is 340 g/mol. The van der Waals surface area contributed by atoms with Crippen LogP contribution in [0.25, 0.3) is 0 Å². The van der Waals surface area contributed by atoms with Crippen molar-refractivity contribution in [3.05, 3.63) is 0 Å². The first-order chi connectivity index (χ1) is 12.8. The van der Waals surface area contributed by atoms with Gasteiger partial charge >= 0.3 is 0 Å². The molecule has 2 aliphatic heterocycles. The molecule has 0 spiro atoms. The molecule has 6 nitrogen and oxygen atoms in total. The van der Waals surface area contributed by atoms with Gasteiger partial charge in [-0.15, -0.1) is 0 Å². The SMILES string of the molecule is CC(C)C[C@@H]1NCCN([C@@H](CC(C)C)C(=O)N2CCC(CC#N)CC2)C1=O. The number of likely N-dealkylation sites (tertiary alicyclic amines) is 1. The molecular formula is C21H36N4O2. The summed E-state index contributed by atoms with van der Waals surface area (Å²) in [5.41, 5.74) is 0. The fraction of sp³-hybridized carbons (Fsp3) is 0.857. The summed E-state index contributed by atoms with van der Waals surface area (Å²) in [6.07, 6.45) is 3.86. The number of carbonyl (C=O) groups excluding carboxylic acids is 2. The smallest absolute Gasteiger partial charge is 0.245 e. The molecule has 1 N–H and O–H groups in total. The number of rotatable bonds is 7. The van der Waals surface area contributed by atoms with E-state index in [0.717, 1.165) is 25.8 Å². The maximum atomic E-state index is 13.3. The Kier molecular flexibility index (Phi) is 8.09. The van der Waals surface area contributed by atoms with Gasteiger partial charge in [-0.05, 0) is 43.4 Å². The van der Waals surface area contributed by atoms with E-state index in [4.69, 9.17) is 5.26 Å². The van der Waals surface area contributed by atoms with Crippen LogP contribution in [0.5, 0.6) is 0 Å². The van der Waals surface area contributed by atoms with Crippen molar-refractivity contribution in [1.82, 2.24) is 15.1 Å². The van der Waals surface area contributed by atoms with Crippen LogP contribution in [-0.2, 0) is 9.59 Å². The molecule has 2 atom stereocenters. The van der Waals surface area contributed by atoms with Crippen LogP contribution < -0.4 is 5.32 Å². The quantitative estimate of drug-likeness (QED) is 0.740. The number of nitriles is 1. The fourth-order valence-electron chi connectivity index (χ4n) is 4.23. The van der Waals surface area contributed by atoms with Crippen LogP contribution in [0.2, 0.25) is 0 Å². The molecule has 0 aromatic rings. The standard InChI is InChI=1S/C21H36N4O2/c1-15(2)13-18-20(26)25(12-9-23-18)19(14-16(3)4)21(27)24-10-6-17(5-8-22)7-11-24/h15-19,23H,5-7,9-14H2,1-4H3/t18-,19-/m0/s1. The highest BCUT2D eigenvalue weighted by Gasteiger charge is 2.39. The molecule has 152 valence electrons. The Morgan fingerprint density at radius 1 is 1.19 bits per heavy atom. The molecule has 2 rings (SSSR count). The summed E-state index contributed by atoms with van der Waals surface area (Å²) in [7, 11) is 0. The summed E-state index contributed by atoms with van der Waals surface area (Å²) in [4.78, 5) is 30.1. The van der Waals surface area contributed by atoms with Gasteiger partial charge in [0.15, 0.2) is 0 Å². The molecule has 6 heteroatoms. The van der Waals surface area contributed by atoms with E-state index < -0.39 is 0 Å². The number of piperidine rings is 1. The normalized spacial score (nSPS) is 23.0. The minimum absolute atomic E-state index is 0.0771. The summed E-state index contributed by atoms with van der Waals surface area (Å²) in [6, 6.07) is 1.71. The van der Waals surface area contributed by atoms with E-state index >= 15 is 0 Å². The maximum absolute atomic E-state index is 13.3. The van der Waals surface area contributed by atoms with Crippen LogP contribution in [0.1, 0.15) is 59.8 Å². The highest BCUT2D eigenvalue weighted by atomic mass is 16.2. The first-order valence-corrected chi connectivity index (χ1v) is 10.5. The van der Waals surface area contributed by atoms with Crippen molar-refractivity contribution < 1.29 is 9.59 Å². The third-order valence-corrected chi connectivity index (χ3v) is 5.69. The summed E-state index contributed by atoms with van der Waals surface area (Å²) in [5.74, 6) is 1.36. The van der Waals surface area contributed by atoms with E-state index in [0.29, 0.717) is 50.2 Å². The Bertz CT molecular complexity index is 547. The predicted molar refractivity (Wildman–Crippen MR) is 106 cm³/mol. The minimum atomic E-state index is -0.359. The average molecular weight is 377 g/mol. The van der Waals surface area contributed by atoms with Gasteiger partial charge in [0, 0.05) is 32.6 Å². The van der Waals surface area contributed by atoms with Gasteiger partial charge < -0.3 is 15.1 Å². The number of hydrogen-bond donors (Lipinski definition) is 1. The second-order valence-corrected chi connectivity index (χ2v) is 8.94. The van der Waals surface area contributed by atoms with Crippen molar-refractivity contribution in [2.24, 2.45) is 17.8 Å². The second kappa shape index (κ2) is 10.1. The summed E-state index contributed by atoms with van der Waals surface area (Å²) in [6.45, 7) is 11.2. The van der Waals surface area contributed by atoms with Crippen molar-refractivity contribution in [2.45, 2.75) is 71.9 Å². The van der Waals surface area contributed by atoms with E-state index in [-0.39, 0.29) is 23.9 Å². The summed E-state index contributed by atoms with van der Waals surface area (Å²) in [5, 5.41) is 12.2. The number of hydrogen-bond acceptors (Lipinski definition) is 4. The Morgan fingerprint density at radius 3 is 2.41 bits per heavy atom. The molecule has 27 heavy (non-hydrogen) atoms. The first kappa shape index (κ1) is 21.7. The molecule has 0 aromatic carbocycles. The van der Waals surface area contributed by atoms with E-state index in [1.165, 1.54) is 0 Å². The van der Waals surface area contributed by atoms with Gasteiger partial charge in [-0.3, -0.25) is 9.59 Å². The van der Waals surface area contributed by atoms with Gasteiger partial charge in [-0.2, -0.15) is 5.26 Å². The fourth-order valence-corrected chi connectivity index (χ4v) is 4.23. The van der Waals surface area contributed by atoms with Crippen molar-refractivity contribution in [2.75, 3.05) is 26.2 Å². The number of nitrogens with zero attached hydrogens (tertiary/aromatic N) is 3. The monoisotopic (exact) mass is 376 g/mol. The molecule has 0 saturated carbocycles. The van der Waals surface area contributed by atoms with E-state index in [9.17, 15) is 9.59 Å². The lowest BCUT2D eigenvalue weighted by Crippen LogP contribution is -2.62. The van der Waals surface area contributed by atoms with Gasteiger partial charge in [0.2, 0.25) is 11.8 Å². The van der Waals surface area contributed by atoms with Crippen LogP contribution in [0.3, 0.4) is 0 Å². The van der Waals surface area contributed by atoms with Crippen molar-refractivity contribution >= 4 is 11.8 Å². The Balaban J connectivity index is 2.09. The van der Waals surface area contributed by atoms with Gasteiger partial charge in [0.1, 0.15) is 6.04 Å². The van der Waals surface area contributed by atoms with E-state index in [1.807, 2.05) is 9.80 Å². The molecule has 2 heterocycles. The number of nitrogens with one attached hydrogen (secondary N) is 1. The van der Waals surface area contributed by atoms with Crippen molar-refractivity contribution in [1.29, 1.82) is 5.26 Å². The first-order valence-electron chi connectivity index (χ1n) is 10.5. The van der Waals surface area contributed by atoms with Crippen LogP contribution in [0.15, 0.2) is 0 Å². The Labute approximate surface area is 164 Å². The summed E-state index contributed by atoms with van der Waals surface area (Å²) >= 11 is 0. The van der Waals surface area contributed by atoms with E-state index in [1.54, 1.807) is 0 Å². The molecule has 0 radical (unpaired) electrons. The third kappa shape index (κ3) is 5.93. The van der Waals surface area contributed by atoms with Crippen LogP contribution >= 0.6 is 0 Å². The zero-order valence-corrected chi connectivity index (χ0v) is 17.4. The minimum Gasteiger partial charge on any atom is -0.341 e. The molecule has 0 aromatic heterocycles. The summed E-state index contributed by atoms with van der Waals surface area (Å²) < 4.78 is 0. The molecule has 0 bridgehead atoms. The molecule has 2 saturated heterocycles. The lowest BCUT2D eigenvalue weighted by molar-refractivity contribution is -0.150. The van der Waals surface area contributed by atoms with Crippen molar-refractivity contribution in [3.8, 4) is 6.07 Å². The Hall–Kier alpha value is -1.61. The number of amides is 2. The van der Waals surface area contributed by atoms with Gasteiger partial charge in [0.25, 0.3) is 0 Å². The predicted octanol–water partition coefficient (Wildman–Crippen LogP) is 2.40. The average Bonchev–Trinajstić information content (AvgIpc) is 2.61. The number of piperazine rings is 1. The molecule has 0 unspecified atom stereocenters. The lowest BCUT2D eigenvalue weighted by atomic mass is 9.92. The third-order valence-electron chi connectivity index (χ3n) is 5.69. The highest BCUT2D eigenvalue weighted by molar-refractivity contribution is 5.90. The van der Waals surface area contributed by atoms with Crippen LogP contribution in [0, 0.1) is 29.1 Å². The van der Waals surface area contributed by atoms with Gasteiger partial charge in [0.05, 0.1) is 12.1 Å². The molecule has 0 aliphatic carbocycles. The van der Waals surface area contributed by atoms with Gasteiger partial charge in [-0.1, -0.05) is 27.7 Å². The second-order valence-electron chi connectivity index (χ2n) is 8.94. The molecule has 2 aliphatic rings. The number of carbonyl (C=O) groups is 2.